The molecule has 2 saturated heterocycles. The lowest BCUT2D eigenvalue weighted by Crippen LogP contribution is -2.49. The molecule has 2 aliphatic heterocycles. The number of fused-ring (bicyclic) bond motifs is 1. The molecule has 0 aromatic carbocycles. The molecule has 0 radical (unpaired) electrons. The zero-order valence-electron chi connectivity index (χ0n) is 17.5. The molecule has 4 N–H and O–H groups in total. The van der Waals surface area contributed by atoms with Gasteiger partial charge in [0.15, 0.2) is 0 Å². The number of H-pyrrole nitrogens is 2. The quantitative estimate of drug-likeness (QED) is 0.425. The lowest BCUT2D eigenvalue weighted by Gasteiger charge is -2.37. The minimum atomic E-state index is -0.249. The second-order valence-electron chi connectivity index (χ2n) is 8.19. The number of carbonyl (C=O) groups excluding carboxylic acids is 2. The van der Waals surface area contributed by atoms with E-state index in [1.807, 2.05) is 4.90 Å². The lowest BCUT2D eigenvalue weighted by atomic mass is 10.1. The monoisotopic (exact) mass is 500 g/mol. The maximum absolute atomic E-state index is 12.7. The number of anilines is 2. The van der Waals surface area contributed by atoms with Gasteiger partial charge < -0.3 is 25.4 Å². The first-order valence-corrected chi connectivity index (χ1v) is 11.6. The van der Waals surface area contributed by atoms with Crippen LogP contribution in [0.3, 0.4) is 0 Å². The molecule has 3 aromatic rings. The number of piperazine rings is 1. The minimum absolute atomic E-state index is 0.220. The third-order valence-corrected chi connectivity index (χ3v) is 6.75. The summed E-state index contributed by atoms with van der Waals surface area (Å²) in [6.45, 7) is 3.77. The van der Waals surface area contributed by atoms with Gasteiger partial charge in [-0.3, -0.25) is 14.7 Å². The second-order valence-corrected chi connectivity index (χ2v) is 9.04. The summed E-state index contributed by atoms with van der Waals surface area (Å²) in [5.41, 5.74) is 2.76. The van der Waals surface area contributed by atoms with Crippen LogP contribution in [0.2, 0.25) is 0 Å². The molecule has 2 aliphatic rings. The van der Waals surface area contributed by atoms with E-state index in [1.165, 1.54) is 6.20 Å². The maximum Gasteiger partial charge on any atom is 0.258 e. The third-order valence-electron chi connectivity index (χ3n) is 6.17. The van der Waals surface area contributed by atoms with Crippen LogP contribution in [0.25, 0.3) is 11.0 Å². The van der Waals surface area contributed by atoms with Gasteiger partial charge in [0.25, 0.3) is 5.91 Å². The van der Waals surface area contributed by atoms with Crippen molar-refractivity contribution in [2.45, 2.75) is 25.3 Å². The van der Waals surface area contributed by atoms with Crippen LogP contribution >= 0.6 is 15.9 Å². The molecule has 5 heterocycles. The highest BCUT2D eigenvalue weighted by atomic mass is 79.9. The molecule has 5 rings (SSSR count). The number of nitrogens with one attached hydrogen (secondary N) is 4. The molecule has 0 spiro atoms. The van der Waals surface area contributed by atoms with E-state index >= 15 is 0 Å². The van der Waals surface area contributed by atoms with Crippen molar-refractivity contribution in [3.8, 4) is 0 Å². The molecule has 2 amide bonds. The largest absolute Gasteiger partial charge is 0.366 e. The third kappa shape index (κ3) is 4.09. The van der Waals surface area contributed by atoms with Gasteiger partial charge in [-0.25, -0.2) is 4.98 Å². The molecule has 2 fully saturated rings. The summed E-state index contributed by atoms with van der Waals surface area (Å²) in [5, 5.41) is 13.7. The average Bonchev–Trinajstić information content (AvgIpc) is 3.57. The van der Waals surface area contributed by atoms with Crippen molar-refractivity contribution in [3.63, 3.8) is 0 Å². The van der Waals surface area contributed by atoms with Gasteiger partial charge in [0.05, 0.1) is 33.0 Å². The van der Waals surface area contributed by atoms with Gasteiger partial charge in [-0.15, -0.1) is 0 Å². The molecular weight excluding hydrogens is 476 g/mol. The zero-order chi connectivity index (χ0) is 22.1. The van der Waals surface area contributed by atoms with Crippen LogP contribution in [-0.4, -0.2) is 75.6 Å². The molecule has 10 nitrogen and oxygen atoms in total. The number of pyridine rings is 1. The van der Waals surface area contributed by atoms with Crippen LogP contribution in [0, 0.1) is 0 Å². The van der Waals surface area contributed by atoms with E-state index in [0.29, 0.717) is 55.5 Å². The highest BCUT2D eigenvalue weighted by Crippen LogP contribution is 2.38. The molecule has 0 unspecified atom stereocenters. The first kappa shape index (κ1) is 21.0. The fourth-order valence-corrected chi connectivity index (χ4v) is 5.03. The predicted octanol–water partition coefficient (Wildman–Crippen LogP) is 2.09. The van der Waals surface area contributed by atoms with E-state index in [2.05, 4.69) is 51.6 Å². The zero-order valence-corrected chi connectivity index (χ0v) is 19.1. The smallest absolute Gasteiger partial charge is 0.258 e. The van der Waals surface area contributed by atoms with E-state index in [9.17, 15) is 9.59 Å². The summed E-state index contributed by atoms with van der Waals surface area (Å²) in [4.78, 5) is 37.1. The van der Waals surface area contributed by atoms with Crippen LogP contribution in [0.15, 0.2) is 29.3 Å². The van der Waals surface area contributed by atoms with E-state index in [4.69, 9.17) is 0 Å². The van der Waals surface area contributed by atoms with Gasteiger partial charge in [0, 0.05) is 57.2 Å². The van der Waals surface area contributed by atoms with Crippen LogP contribution < -0.4 is 15.5 Å². The highest BCUT2D eigenvalue weighted by molar-refractivity contribution is 9.10. The van der Waals surface area contributed by atoms with Gasteiger partial charge in [-0.1, -0.05) is 0 Å². The minimum Gasteiger partial charge on any atom is -0.366 e. The number of nitrogens with zero attached hydrogens (tertiary/aromatic N) is 4. The number of amides is 2. The number of rotatable bonds is 5. The molecule has 32 heavy (non-hydrogen) atoms. The van der Waals surface area contributed by atoms with Crippen molar-refractivity contribution < 1.29 is 9.59 Å². The number of hydrogen-bond acceptors (Lipinski definition) is 6. The Morgan fingerprint density at radius 3 is 2.75 bits per heavy atom. The maximum atomic E-state index is 12.7. The summed E-state index contributed by atoms with van der Waals surface area (Å²) in [5.74, 6) is -0.0285. The number of halogens is 1. The van der Waals surface area contributed by atoms with E-state index in [1.54, 1.807) is 18.6 Å². The van der Waals surface area contributed by atoms with Gasteiger partial charge in [0.2, 0.25) is 5.91 Å². The fraction of sp³-hybridized carbons (Fsp3) is 0.429. The van der Waals surface area contributed by atoms with Crippen LogP contribution in [-0.2, 0) is 4.79 Å². The Balaban J connectivity index is 1.34. The number of aromatic amines is 2. The topological polar surface area (TPSA) is 122 Å². The van der Waals surface area contributed by atoms with Crippen molar-refractivity contribution in [3.05, 3.63) is 34.8 Å². The van der Waals surface area contributed by atoms with Crippen molar-refractivity contribution in [2.75, 3.05) is 42.9 Å². The summed E-state index contributed by atoms with van der Waals surface area (Å²) >= 11 is 3.64. The first-order chi connectivity index (χ1) is 15.6. The molecule has 3 aromatic heterocycles. The average molecular weight is 501 g/mol. The van der Waals surface area contributed by atoms with Gasteiger partial charge >= 0.3 is 0 Å². The molecule has 11 heteroatoms. The van der Waals surface area contributed by atoms with Crippen molar-refractivity contribution >= 4 is 50.2 Å². The molecular formula is C21H25BrN8O2. The Bertz CT molecular complexity index is 1110. The van der Waals surface area contributed by atoms with Crippen LogP contribution in [0.1, 0.15) is 29.6 Å². The number of aromatic nitrogens is 4. The second kappa shape index (κ2) is 8.91. The molecule has 1 atom stereocenters. The summed E-state index contributed by atoms with van der Waals surface area (Å²) in [6, 6.07) is 0.316. The Morgan fingerprint density at radius 1 is 1.19 bits per heavy atom. The van der Waals surface area contributed by atoms with Gasteiger partial charge in [-0.05, 0) is 35.3 Å². The van der Waals surface area contributed by atoms with Gasteiger partial charge in [-0.2, -0.15) is 5.10 Å². The van der Waals surface area contributed by atoms with E-state index < -0.39 is 0 Å². The van der Waals surface area contributed by atoms with Crippen molar-refractivity contribution in [2.24, 2.45) is 0 Å². The predicted molar refractivity (Wildman–Crippen MR) is 125 cm³/mol. The first-order valence-electron chi connectivity index (χ1n) is 10.8. The molecule has 0 aliphatic carbocycles. The van der Waals surface area contributed by atoms with E-state index in [0.717, 1.165) is 34.9 Å². The van der Waals surface area contributed by atoms with Crippen molar-refractivity contribution in [1.82, 2.24) is 30.4 Å². The molecule has 0 bridgehead atoms. The Kier molecular flexibility index (Phi) is 5.83. The summed E-state index contributed by atoms with van der Waals surface area (Å²) in [6.07, 6.45) is 9.35. The molecule has 168 valence electrons. The van der Waals surface area contributed by atoms with E-state index in [-0.39, 0.29) is 11.8 Å². The standard InChI is InChI=1S/C21H25BrN8O2/c22-15-11-24-20-18(16(12-25-20)28-21(32)13-9-26-27-10-13)19(15)30-6-4-29(5-7-30)17(31)8-14-2-1-3-23-14/h9-12,14,23H,1-8H2,(H,24,25)(H,26,27)(H,28,32)/t14-/m0/s1. The Labute approximate surface area is 193 Å². The SMILES string of the molecule is O=C(Nc1c[nH]c2ncc(Br)c(N3CCN(C(=O)C[C@@H]4CCCN4)CC3)c12)c1cn[nH]c1. The summed E-state index contributed by atoms with van der Waals surface area (Å²) < 4.78 is 0.846. The number of hydrogen-bond donors (Lipinski definition) is 4. The Hall–Kier alpha value is -2.92. The highest BCUT2D eigenvalue weighted by Gasteiger charge is 2.27. The van der Waals surface area contributed by atoms with Gasteiger partial charge in [0.1, 0.15) is 5.65 Å². The summed E-state index contributed by atoms with van der Waals surface area (Å²) in [7, 11) is 0. The lowest BCUT2D eigenvalue weighted by molar-refractivity contribution is -0.131. The van der Waals surface area contributed by atoms with Crippen LogP contribution in [0.4, 0.5) is 11.4 Å². The fourth-order valence-electron chi connectivity index (χ4n) is 4.48. The Morgan fingerprint density at radius 2 is 2.03 bits per heavy atom. The molecule has 0 saturated carbocycles. The normalized spacial score (nSPS) is 19.0. The van der Waals surface area contributed by atoms with Crippen LogP contribution in [0.5, 0.6) is 0 Å². The van der Waals surface area contributed by atoms with Crippen molar-refractivity contribution in [1.29, 1.82) is 0 Å². The number of carbonyl (C=O) groups is 2.